The zero-order chi connectivity index (χ0) is 19.0. The van der Waals surface area contributed by atoms with Crippen molar-refractivity contribution in [2.24, 2.45) is 13.0 Å². The normalized spacial score (nSPS) is 13.0. The zero-order valence-electron chi connectivity index (χ0n) is 16.0. The zero-order valence-corrected chi connectivity index (χ0v) is 16.0. The molecule has 1 aromatic rings. The molecule has 0 aliphatic carbocycles. The molecule has 1 rings (SSSR count). The van der Waals surface area contributed by atoms with E-state index in [-0.39, 0.29) is 18.4 Å². The fraction of sp³-hybridized carbons (Fsp3) is 0.722. The molecule has 142 valence electrons. The highest BCUT2D eigenvalue weighted by Gasteiger charge is 2.20. The Kier molecular flexibility index (Phi) is 8.09. The number of aliphatic carboxylic acids is 1. The smallest absolute Gasteiger partial charge is 0.320 e. The topological polar surface area (TPSA) is 84.7 Å². The van der Waals surface area contributed by atoms with Crippen LogP contribution in [0.15, 0.2) is 12.4 Å². The fourth-order valence-corrected chi connectivity index (χ4v) is 2.43. The molecule has 0 aromatic carbocycles. The molecule has 0 spiro atoms. The number of carbonyl (C=O) groups is 2. The third kappa shape index (κ3) is 8.67. The van der Waals surface area contributed by atoms with Crippen LogP contribution in [0.1, 0.15) is 52.8 Å². The van der Waals surface area contributed by atoms with Gasteiger partial charge in [-0.15, -0.1) is 0 Å². The molecule has 1 atom stereocenters. The third-order valence-corrected chi connectivity index (χ3v) is 3.84. The van der Waals surface area contributed by atoms with Crippen LogP contribution >= 0.6 is 0 Å². The minimum Gasteiger partial charge on any atom is -0.481 e. The highest BCUT2D eigenvalue weighted by Crippen LogP contribution is 2.12. The van der Waals surface area contributed by atoms with E-state index in [4.69, 9.17) is 9.84 Å². The van der Waals surface area contributed by atoms with E-state index < -0.39 is 11.6 Å². The maximum atomic E-state index is 12.1. The van der Waals surface area contributed by atoms with Gasteiger partial charge in [0.05, 0.1) is 19.0 Å². The second kappa shape index (κ2) is 9.56. The highest BCUT2D eigenvalue weighted by atomic mass is 16.6. The summed E-state index contributed by atoms with van der Waals surface area (Å²) in [5.74, 6) is -0.490. The molecule has 7 heteroatoms. The summed E-state index contributed by atoms with van der Waals surface area (Å²) in [6, 6.07) is 0. The Morgan fingerprint density at radius 2 is 2.04 bits per heavy atom. The molecule has 0 fully saturated rings. The van der Waals surface area contributed by atoms with E-state index in [9.17, 15) is 9.59 Å². The quantitative estimate of drug-likeness (QED) is 0.514. The largest absolute Gasteiger partial charge is 0.481 e. The molecule has 1 aromatic heterocycles. The van der Waals surface area contributed by atoms with Gasteiger partial charge in [-0.2, -0.15) is 0 Å². The second-order valence-electron chi connectivity index (χ2n) is 7.49. The average molecular weight is 353 g/mol. The first-order valence-electron chi connectivity index (χ1n) is 8.71. The van der Waals surface area contributed by atoms with E-state index in [1.807, 2.05) is 43.5 Å². The highest BCUT2D eigenvalue weighted by molar-refractivity contribution is 5.72. The van der Waals surface area contributed by atoms with Crippen LogP contribution in [0.25, 0.3) is 0 Å². The molecule has 0 aliphatic rings. The van der Waals surface area contributed by atoms with E-state index in [0.717, 1.165) is 18.7 Å². The number of hydrogen-bond acceptors (Lipinski definition) is 5. The van der Waals surface area contributed by atoms with Gasteiger partial charge in [-0.1, -0.05) is 13.3 Å². The number of aryl methyl sites for hydroxylation is 1. The molecule has 0 bridgehead atoms. The van der Waals surface area contributed by atoms with Crippen LogP contribution in [0.4, 0.5) is 0 Å². The number of unbranched alkanes of at least 4 members (excludes halogenated alkanes) is 1. The van der Waals surface area contributed by atoms with Crippen molar-refractivity contribution in [3.05, 3.63) is 18.2 Å². The Balaban J connectivity index is 2.57. The minimum absolute atomic E-state index is 0.193. The molecular weight excluding hydrogens is 322 g/mol. The van der Waals surface area contributed by atoms with Crippen LogP contribution in [0.2, 0.25) is 0 Å². The van der Waals surface area contributed by atoms with Gasteiger partial charge < -0.3 is 14.4 Å². The average Bonchev–Trinajstić information content (AvgIpc) is 2.86. The Morgan fingerprint density at radius 1 is 1.36 bits per heavy atom. The minimum atomic E-state index is -0.765. The van der Waals surface area contributed by atoms with Crippen molar-refractivity contribution in [3.63, 3.8) is 0 Å². The Labute approximate surface area is 150 Å². The molecule has 0 saturated heterocycles. The van der Waals surface area contributed by atoms with Crippen molar-refractivity contribution < 1.29 is 19.4 Å². The van der Waals surface area contributed by atoms with E-state index in [0.29, 0.717) is 19.5 Å². The van der Waals surface area contributed by atoms with Gasteiger partial charge in [0.1, 0.15) is 11.4 Å². The lowest BCUT2D eigenvalue weighted by atomic mass is 10.0. The monoisotopic (exact) mass is 353 g/mol. The first-order chi connectivity index (χ1) is 11.6. The van der Waals surface area contributed by atoms with Crippen LogP contribution in [-0.2, 0) is 27.9 Å². The number of carboxylic acid groups (broad SMARTS) is 1. The molecule has 1 unspecified atom stereocenters. The van der Waals surface area contributed by atoms with Crippen molar-refractivity contribution in [2.75, 3.05) is 13.1 Å². The number of carbonyl (C=O) groups excluding carboxylic acids is 1. The van der Waals surface area contributed by atoms with Crippen molar-refractivity contribution in [2.45, 2.75) is 59.1 Å². The lowest BCUT2D eigenvalue weighted by molar-refractivity contribution is -0.156. The maximum absolute atomic E-state index is 12.1. The van der Waals surface area contributed by atoms with Gasteiger partial charge in [-0.25, -0.2) is 4.98 Å². The molecule has 1 N–H and O–H groups in total. The van der Waals surface area contributed by atoms with Gasteiger partial charge in [0.2, 0.25) is 0 Å². The summed E-state index contributed by atoms with van der Waals surface area (Å²) in [4.78, 5) is 29.3. The summed E-state index contributed by atoms with van der Waals surface area (Å²) < 4.78 is 7.33. The molecule has 7 nitrogen and oxygen atoms in total. The Hall–Kier alpha value is -1.89. The van der Waals surface area contributed by atoms with E-state index >= 15 is 0 Å². The summed E-state index contributed by atoms with van der Waals surface area (Å²) in [6.07, 6.45) is 5.87. The third-order valence-electron chi connectivity index (χ3n) is 3.84. The number of esters is 1. The van der Waals surface area contributed by atoms with Crippen LogP contribution in [0.5, 0.6) is 0 Å². The maximum Gasteiger partial charge on any atom is 0.320 e. The Bertz CT molecular complexity index is 563. The van der Waals surface area contributed by atoms with Crippen LogP contribution < -0.4 is 0 Å². The van der Waals surface area contributed by atoms with Gasteiger partial charge in [0.25, 0.3) is 0 Å². The van der Waals surface area contributed by atoms with Gasteiger partial charge in [0, 0.05) is 19.4 Å². The number of nitrogens with zero attached hydrogens (tertiary/aromatic N) is 3. The molecule has 0 radical (unpaired) electrons. The van der Waals surface area contributed by atoms with Crippen molar-refractivity contribution in [3.8, 4) is 0 Å². The van der Waals surface area contributed by atoms with Crippen molar-refractivity contribution in [1.82, 2.24) is 14.5 Å². The first-order valence-corrected chi connectivity index (χ1v) is 8.71. The molecule has 0 amide bonds. The van der Waals surface area contributed by atoms with E-state index in [1.54, 1.807) is 13.1 Å². The molecule has 0 saturated carbocycles. The van der Waals surface area contributed by atoms with E-state index in [2.05, 4.69) is 4.98 Å². The summed E-state index contributed by atoms with van der Waals surface area (Å²) in [5, 5.41) is 8.94. The van der Waals surface area contributed by atoms with Crippen molar-refractivity contribution in [1.29, 1.82) is 0 Å². The number of imidazole rings is 1. The first kappa shape index (κ1) is 21.2. The number of ether oxygens (including phenoxy) is 1. The predicted octanol–water partition coefficient (Wildman–Crippen LogP) is 2.45. The second-order valence-corrected chi connectivity index (χ2v) is 7.49. The predicted molar refractivity (Wildman–Crippen MR) is 95.0 cm³/mol. The fourth-order valence-electron chi connectivity index (χ4n) is 2.43. The van der Waals surface area contributed by atoms with Gasteiger partial charge in [-0.3, -0.25) is 14.5 Å². The number of hydrogen-bond donors (Lipinski definition) is 1. The number of carboxylic acids is 1. The SMILES string of the molecule is CC(CCCCN(CC(=O)OC(C)(C)C)Cc1nccn1C)C(=O)O. The van der Waals surface area contributed by atoms with Crippen LogP contribution in [0.3, 0.4) is 0 Å². The van der Waals surface area contributed by atoms with Crippen LogP contribution in [0, 0.1) is 5.92 Å². The van der Waals surface area contributed by atoms with Crippen molar-refractivity contribution >= 4 is 11.9 Å². The summed E-state index contributed by atoms with van der Waals surface area (Å²) in [6.45, 7) is 8.70. The molecular formula is C18H31N3O4. The summed E-state index contributed by atoms with van der Waals surface area (Å²) >= 11 is 0. The van der Waals surface area contributed by atoms with E-state index in [1.165, 1.54) is 0 Å². The Morgan fingerprint density at radius 3 is 2.56 bits per heavy atom. The van der Waals surface area contributed by atoms with Gasteiger partial charge >= 0.3 is 11.9 Å². The van der Waals surface area contributed by atoms with Crippen LogP contribution in [-0.4, -0.2) is 50.2 Å². The molecule has 0 aliphatic heterocycles. The lowest BCUT2D eigenvalue weighted by Crippen LogP contribution is -2.35. The number of aromatic nitrogens is 2. The lowest BCUT2D eigenvalue weighted by Gasteiger charge is -2.25. The molecule has 25 heavy (non-hydrogen) atoms. The number of rotatable bonds is 10. The van der Waals surface area contributed by atoms with Gasteiger partial charge in [-0.05, 0) is 40.2 Å². The summed E-state index contributed by atoms with van der Waals surface area (Å²) in [7, 11) is 1.92. The summed E-state index contributed by atoms with van der Waals surface area (Å²) in [5.41, 5.74) is -0.511. The standard InChI is InChI=1S/C18H31N3O4/c1-14(17(23)24)8-6-7-10-21(12-15-19-9-11-20(15)5)13-16(22)25-18(2,3)4/h9,11,14H,6-8,10,12-13H2,1-5H3,(H,23,24). The molecule has 1 heterocycles. The van der Waals surface area contributed by atoms with Gasteiger partial charge in [0.15, 0.2) is 0 Å².